The maximum absolute atomic E-state index is 12.8. The monoisotopic (exact) mass is 304 g/mol. The van der Waals surface area contributed by atoms with Crippen LogP contribution >= 0.6 is 11.8 Å². The molecule has 0 heterocycles. The SMILES string of the molecule is CCSC(=O)C(CC(=O)c1ccc(C)cc1)C(F)(F)F. The third-order valence-corrected chi connectivity index (χ3v) is 3.59. The fraction of sp³-hybridized carbons (Fsp3) is 0.429. The van der Waals surface area contributed by atoms with Crippen molar-refractivity contribution in [2.45, 2.75) is 26.4 Å². The molecule has 0 aliphatic heterocycles. The van der Waals surface area contributed by atoms with Crippen LogP contribution in [-0.4, -0.2) is 22.8 Å². The van der Waals surface area contributed by atoms with E-state index in [-0.39, 0.29) is 11.3 Å². The number of hydrogen-bond acceptors (Lipinski definition) is 3. The van der Waals surface area contributed by atoms with Gasteiger partial charge in [0.15, 0.2) is 5.78 Å². The third-order valence-electron chi connectivity index (χ3n) is 2.73. The van der Waals surface area contributed by atoms with Crippen LogP contribution in [0.5, 0.6) is 0 Å². The molecule has 0 amide bonds. The largest absolute Gasteiger partial charge is 0.399 e. The summed E-state index contributed by atoms with van der Waals surface area (Å²) in [6, 6.07) is 6.25. The molecule has 6 heteroatoms. The van der Waals surface area contributed by atoms with E-state index >= 15 is 0 Å². The second-order valence-corrected chi connectivity index (χ2v) is 5.61. The number of benzene rings is 1. The molecule has 110 valence electrons. The second kappa shape index (κ2) is 6.92. The van der Waals surface area contributed by atoms with Gasteiger partial charge in [0.2, 0.25) is 5.12 Å². The highest BCUT2D eigenvalue weighted by atomic mass is 32.2. The highest BCUT2D eigenvalue weighted by molar-refractivity contribution is 8.13. The molecular formula is C14H15F3O2S. The van der Waals surface area contributed by atoms with Crippen LogP contribution in [0.15, 0.2) is 24.3 Å². The zero-order chi connectivity index (χ0) is 15.3. The van der Waals surface area contributed by atoms with E-state index in [9.17, 15) is 22.8 Å². The average molecular weight is 304 g/mol. The highest BCUT2D eigenvalue weighted by Gasteiger charge is 2.45. The van der Waals surface area contributed by atoms with Gasteiger partial charge in [0.1, 0.15) is 5.92 Å². The van der Waals surface area contributed by atoms with E-state index in [4.69, 9.17) is 0 Å². The Bertz CT molecular complexity index is 480. The lowest BCUT2D eigenvalue weighted by molar-refractivity contribution is -0.175. The van der Waals surface area contributed by atoms with Gasteiger partial charge in [-0.2, -0.15) is 13.2 Å². The summed E-state index contributed by atoms with van der Waals surface area (Å²) in [5.41, 5.74) is 1.10. The van der Waals surface area contributed by atoms with E-state index in [2.05, 4.69) is 0 Å². The number of hydrogen-bond donors (Lipinski definition) is 0. The fourth-order valence-corrected chi connectivity index (χ4v) is 2.32. The zero-order valence-corrected chi connectivity index (χ0v) is 12.0. The van der Waals surface area contributed by atoms with E-state index in [0.717, 1.165) is 5.56 Å². The van der Waals surface area contributed by atoms with Crippen LogP contribution in [0, 0.1) is 12.8 Å². The van der Waals surface area contributed by atoms with Crippen LogP contribution in [0.25, 0.3) is 0 Å². The van der Waals surface area contributed by atoms with Crippen molar-refractivity contribution in [1.29, 1.82) is 0 Å². The van der Waals surface area contributed by atoms with Gasteiger partial charge in [-0.25, -0.2) is 0 Å². The molecule has 20 heavy (non-hydrogen) atoms. The first-order chi connectivity index (χ1) is 9.25. The Balaban J connectivity index is 2.87. The summed E-state index contributed by atoms with van der Waals surface area (Å²) in [5.74, 6) is -2.65. The highest BCUT2D eigenvalue weighted by Crippen LogP contribution is 2.33. The Labute approximate surface area is 119 Å². The summed E-state index contributed by atoms with van der Waals surface area (Å²) in [4.78, 5) is 23.4. The van der Waals surface area contributed by atoms with Crippen molar-refractivity contribution in [1.82, 2.24) is 0 Å². The summed E-state index contributed by atoms with van der Waals surface area (Å²) in [6.45, 7) is 3.41. The summed E-state index contributed by atoms with van der Waals surface area (Å²) in [7, 11) is 0. The van der Waals surface area contributed by atoms with Crippen LogP contribution in [0.1, 0.15) is 29.3 Å². The van der Waals surface area contributed by atoms with Gasteiger partial charge in [-0.15, -0.1) is 0 Å². The quantitative estimate of drug-likeness (QED) is 0.770. The summed E-state index contributed by atoms with van der Waals surface area (Å²) < 4.78 is 38.5. The topological polar surface area (TPSA) is 34.1 Å². The van der Waals surface area contributed by atoms with E-state index in [1.807, 2.05) is 6.92 Å². The molecule has 1 aromatic rings. The van der Waals surface area contributed by atoms with Gasteiger partial charge < -0.3 is 0 Å². The first-order valence-electron chi connectivity index (χ1n) is 6.09. The molecule has 2 nitrogen and oxygen atoms in total. The van der Waals surface area contributed by atoms with E-state index in [1.165, 1.54) is 12.1 Å². The van der Waals surface area contributed by atoms with Gasteiger partial charge in [-0.05, 0) is 12.7 Å². The Kier molecular flexibility index (Phi) is 5.80. The predicted molar refractivity (Wildman–Crippen MR) is 72.8 cm³/mol. The molecule has 0 spiro atoms. The molecule has 0 aromatic heterocycles. The molecule has 0 bridgehead atoms. The van der Waals surface area contributed by atoms with Gasteiger partial charge >= 0.3 is 6.18 Å². The van der Waals surface area contributed by atoms with Crippen LogP contribution in [0.2, 0.25) is 0 Å². The molecule has 1 unspecified atom stereocenters. The Hall–Kier alpha value is -1.30. The van der Waals surface area contributed by atoms with Gasteiger partial charge in [0, 0.05) is 12.0 Å². The van der Waals surface area contributed by atoms with Crippen molar-refractivity contribution < 1.29 is 22.8 Å². The minimum atomic E-state index is -4.69. The number of carbonyl (C=O) groups is 2. The minimum Gasteiger partial charge on any atom is -0.294 e. The maximum atomic E-state index is 12.8. The van der Waals surface area contributed by atoms with Gasteiger partial charge in [-0.3, -0.25) is 9.59 Å². The fourth-order valence-electron chi connectivity index (χ4n) is 1.62. The number of thioether (sulfide) groups is 1. The molecule has 0 saturated carbocycles. The van der Waals surface area contributed by atoms with Crippen molar-refractivity contribution in [3.63, 3.8) is 0 Å². The molecule has 0 radical (unpaired) electrons. The van der Waals surface area contributed by atoms with Crippen molar-refractivity contribution >= 4 is 22.7 Å². The molecule has 0 aliphatic carbocycles. The number of alkyl halides is 3. The predicted octanol–water partition coefficient (Wildman–Crippen LogP) is 4.03. The molecule has 0 N–H and O–H groups in total. The van der Waals surface area contributed by atoms with Gasteiger partial charge in [0.25, 0.3) is 0 Å². The first kappa shape index (κ1) is 16.8. The average Bonchev–Trinajstić information content (AvgIpc) is 2.35. The molecule has 0 fully saturated rings. The van der Waals surface area contributed by atoms with Crippen LogP contribution < -0.4 is 0 Å². The summed E-state index contributed by atoms with van der Waals surface area (Å²) in [5, 5.41) is -1.000. The number of Topliss-reactive ketones (excluding diaryl/α,β-unsaturated/α-hetero) is 1. The smallest absolute Gasteiger partial charge is 0.294 e. The molecular weight excluding hydrogens is 289 g/mol. The van der Waals surface area contributed by atoms with Crippen LogP contribution in [0.3, 0.4) is 0 Å². The number of halogens is 3. The van der Waals surface area contributed by atoms with E-state index in [1.54, 1.807) is 19.1 Å². The van der Waals surface area contributed by atoms with Crippen LogP contribution in [-0.2, 0) is 4.79 Å². The van der Waals surface area contributed by atoms with Crippen LogP contribution in [0.4, 0.5) is 13.2 Å². The van der Waals surface area contributed by atoms with Crippen molar-refractivity contribution in [2.75, 3.05) is 5.75 Å². The number of rotatable bonds is 5. The molecule has 1 atom stereocenters. The van der Waals surface area contributed by atoms with Crippen molar-refractivity contribution in [3.8, 4) is 0 Å². The molecule has 1 rings (SSSR count). The molecule has 0 saturated heterocycles. The summed E-state index contributed by atoms with van der Waals surface area (Å²) >= 11 is 0.595. The summed E-state index contributed by atoms with van der Waals surface area (Å²) in [6.07, 6.45) is -5.53. The van der Waals surface area contributed by atoms with Gasteiger partial charge in [0.05, 0.1) is 0 Å². The maximum Gasteiger partial charge on any atom is 0.399 e. The standard InChI is InChI=1S/C14H15F3O2S/c1-3-20-13(19)11(14(15,16)17)8-12(18)10-6-4-9(2)5-7-10/h4-7,11H,3,8H2,1-2H3. The lowest BCUT2D eigenvalue weighted by atomic mass is 9.98. The van der Waals surface area contributed by atoms with E-state index < -0.39 is 29.4 Å². The first-order valence-corrected chi connectivity index (χ1v) is 7.07. The van der Waals surface area contributed by atoms with Gasteiger partial charge in [-0.1, -0.05) is 48.5 Å². The second-order valence-electron chi connectivity index (χ2n) is 4.34. The number of carbonyl (C=O) groups excluding carboxylic acids is 2. The molecule has 1 aromatic carbocycles. The Morgan fingerprint density at radius 3 is 2.20 bits per heavy atom. The third kappa shape index (κ3) is 4.67. The Morgan fingerprint density at radius 2 is 1.75 bits per heavy atom. The molecule has 0 aliphatic rings. The van der Waals surface area contributed by atoms with Crippen molar-refractivity contribution in [3.05, 3.63) is 35.4 Å². The Morgan fingerprint density at radius 1 is 1.20 bits per heavy atom. The number of aryl methyl sites for hydroxylation is 1. The zero-order valence-electron chi connectivity index (χ0n) is 11.2. The van der Waals surface area contributed by atoms with E-state index in [0.29, 0.717) is 11.8 Å². The number of ketones is 1. The minimum absolute atomic E-state index is 0.194. The lowest BCUT2D eigenvalue weighted by Crippen LogP contribution is -2.31. The normalized spacial score (nSPS) is 13.1. The lowest BCUT2D eigenvalue weighted by Gasteiger charge is -2.17. The van der Waals surface area contributed by atoms with Crippen molar-refractivity contribution in [2.24, 2.45) is 5.92 Å².